The molecule has 1 unspecified atom stereocenters. The van der Waals surface area contributed by atoms with Crippen LogP contribution in [0.3, 0.4) is 0 Å². The van der Waals surface area contributed by atoms with Crippen molar-refractivity contribution in [3.05, 3.63) is 58.9 Å². The highest BCUT2D eigenvalue weighted by atomic mass is 19.3. The van der Waals surface area contributed by atoms with E-state index in [2.05, 4.69) is 16.0 Å². The third kappa shape index (κ3) is 5.00. The number of benzene rings is 2. The molecule has 2 amide bonds. The first-order valence-electron chi connectivity index (χ1n) is 12.1. The summed E-state index contributed by atoms with van der Waals surface area (Å²) in [6.45, 7) is 1.43. The molecule has 186 valence electrons. The normalized spacial score (nSPS) is 22.5. The van der Waals surface area contributed by atoms with Crippen molar-refractivity contribution in [3.63, 3.8) is 0 Å². The number of fused-ring (bicyclic) bond motifs is 1. The highest BCUT2D eigenvalue weighted by molar-refractivity contribution is 6.01. The molecule has 0 radical (unpaired) electrons. The van der Waals surface area contributed by atoms with Crippen LogP contribution in [0, 0.1) is 11.7 Å². The third-order valence-corrected chi connectivity index (χ3v) is 7.26. The predicted molar refractivity (Wildman–Crippen MR) is 127 cm³/mol. The lowest BCUT2D eigenvalue weighted by atomic mass is 9.84. The molecule has 2 saturated heterocycles. The SMILES string of the molecule is O=C1CCC(Nc2ccc(N3CCC(Cc4cccc5c4C(F)(F)CNC5)CC3)c(F)c2)C(=O)N1. The maximum atomic E-state index is 14.9. The van der Waals surface area contributed by atoms with Crippen molar-refractivity contribution in [1.82, 2.24) is 10.6 Å². The molecule has 0 bridgehead atoms. The maximum Gasteiger partial charge on any atom is 0.285 e. The zero-order valence-corrected chi connectivity index (χ0v) is 19.4. The molecule has 3 aliphatic heterocycles. The summed E-state index contributed by atoms with van der Waals surface area (Å²) < 4.78 is 44.1. The van der Waals surface area contributed by atoms with Gasteiger partial charge in [0, 0.05) is 37.3 Å². The number of amides is 2. The van der Waals surface area contributed by atoms with Crippen LogP contribution in [-0.2, 0) is 28.5 Å². The van der Waals surface area contributed by atoms with E-state index in [-0.39, 0.29) is 36.2 Å². The molecular formula is C26H29F3N4O2. The molecule has 0 saturated carbocycles. The fraction of sp³-hybridized carbons (Fsp3) is 0.462. The molecule has 2 aromatic carbocycles. The van der Waals surface area contributed by atoms with Gasteiger partial charge in [-0.05, 0) is 60.9 Å². The Morgan fingerprint density at radius 3 is 2.63 bits per heavy atom. The molecule has 5 rings (SSSR count). The third-order valence-electron chi connectivity index (χ3n) is 7.26. The minimum absolute atomic E-state index is 0.186. The second-order valence-electron chi connectivity index (χ2n) is 9.71. The second-order valence-corrected chi connectivity index (χ2v) is 9.71. The van der Waals surface area contributed by atoms with E-state index >= 15 is 0 Å². The maximum absolute atomic E-state index is 14.9. The Morgan fingerprint density at radius 1 is 1.09 bits per heavy atom. The van der Waals surface area contributed by atoms with Gasteiger partial charge in [-0.15, -0.1) is 0 Å². The summed E-state index contributed by atoms with van der Waals surface area (Å²) in [6, 6.07) is 9.68. The number of hydrogen-bond donors (Lipinski definition) is 3. The van der Waals surface area contributed by atoms with E-state index < -0.39 is 17.9 Å². The molecule has 2 aromatic rings. The van der Waals surface area contributed by atoms with E-state index in [1.165, 1.54) is 6.07 Å². The van der Waals surface area contributed by atoms with Crippen LogP contribution >= 0.6 is 0 Å². The van der Waals surface area contributed by atoms with Crippen molar-refractivity contribution >= 4 is 23.2 Å². The number of halogens is 3. The number of piperidine rings is 2. The van der Waals surface area contributed by atoms with Crippen LogP contribution in [0.1, 0.15) is 42.4 Å². The lowest BCUT2D eigenvalue weighted by Crippen LogP contribution is -2.47. The summed E-state index contributed by atoms with van der Waals surface area (Å²) in [5, 5.41) is 8.07. The number of rotatable bonds is 5. The summed E-state index contributed by atoms with van der Waals surface area (Å²) >= 11 is 0. The van der Waals surface area contributed by atoms with Crippen molar-refractivity contribution in [2.45, 2.75) is 50.6 Å². The Labute approximate surface area is 202 Å². The minimum atomic E-state index is -2.86. The minimum Gasteiger partial charge on any atom is -0.374 e. The van der Waals surface area contributed by atoms with Gasteiger partial charge in [0.05, 0.1) is 12.2 Å². The highest BCUT2D eigenvalue weighted by Gasteiger charge is 2.39. The number of anilines is 2. The molecule has 0 aliphatic carbocycles. The standard InChI is InChI=1S/C26H29F3N4O2/c27-20-13-19(31-21-5-7-23(34)32-25(21)35)4-6-22(20)33-10-8-16(9-11-33)12-17-2-1-3-18-14-30-15-26(28,29)24(17)18/h1-4,6,13,16,21,30-31H,5,7-12,14-15H2,(H,32,34,35). The summed E-state index contributed by atoms with van der Waals surface area (Å²) in [4.78, 5) is 25.2. The second kappa shape index (κ2) is 9.53. The summed E-state index contributed by atoms with van der Waals surface area (Å²) in [7, 11) is 0. The summed E-state index contributed by atoms with van der Waals surface area (Å²) in [5.74, 6) is -3.68. The van der Waals surface area contributed by atoms with Crippen molar-refractivity contribution in [2.24, 2.45) is 5.92 Å². The number of nitrogens with one attached hydrogen (secondary N) is 3. The van der Waals surface area contributed by atoms with Crippen LogP contribution in [0.5, 0.6) is 0 Å². The van der Waals surface area contributed by atoms with Crippen LogP contribution in [0.2, 0.25) is 0 Å². The molecule has 9 heteroatoms. The average molecular weight is 487 g/mol. The van der Waals surface area contributed by atoms with E-state index in [0.717, 1.165) is 18.4 Å². The molecule has 1 atom stereocenters. The van der Waals surface area contributed by atoms with Crippen molar-refractivity contribution in [2.75, 3.05) is 29.9 Å². The van der Waals surface area contributed by atoms with Gasteiger partial charge in [0.25, 0.3) is 5.92 Å². The molecule has 35 heavy (non-hydrogen) atoms. The number of hydrogen-bond acceptors (Lipinski definition) is 5. The van der Waals surface area contributed by atoms with Crippen molar-refractivity contribution in [3.8, 4) is 0 Å². The topological polar surface area (TPSA) is 73.5 Å². The Morgan fingerprint density at radius 2 is 1.89 bits per heavy atom. The summed E-state index contributed by atoms with van der Waals surface area (Å²) in [6.07, 6.45) is 2.81. The number of carbonyl (C=O) groups is 2. The van der Waals surface area contributed by atoms with E-state index in [4.69, 9.17) is 0 Å². The van der Waals surface area contributed by atoms with Gasteiger partial charge in [0.1, 0.15) is 11.9 Å². The number of imide groups is 1. The quantitative estimate of drug-likeness (QED) is 0.563. The molecule has 0 spiro atoms. The van der Waals surface area contributed by atoms with Gasteiger partial charge in [0.2, 0.25) is 11.8 Å². The summed E-state index contributed by atoms with van der Waals surface area (Å²) in [5.41, 5.74) is 2.56. The zero-order chi connectivity index (χ0) is 24.6. The lowest BCUT2D eigenvalue weighted by Gasteiger charge is -2.35. The number of alkyl halides is 2. The predicted octanol–water partition coefficient (Wildman–Crippen LogP) is 3.70. The molecule has 3 aliphatic rings. The largest absolute Gasteiger partial charge is 0.374 e. The van der Waals surface area contributed by atoms with Crippen molar-refractivity contribution in [1.29, 1.82) is 0 Å². The monoisotopic (exact) mass is 486 g/mol. The molecule has 6 nitrogen and oxygen atoms in total. The van der Waals surface area contributed by atoms with Gasteiger partial charge in [-0.3, -0.25) is 14.9 Å². The molecular weight excluding hydrogens is 457 g/mol. The van der Waals surface area contributed by atoms with Gasteiger partial charge in [-0.25, -0.2) is 4.39 Å². The Balaban J connectivity index is 1.20. The van der Waals surface area contributed by atoms with E-state index in [0.29, 0.717) is 49.4 Å². The lowest BCUT2D eigenvalue weighted by molar-refractivity contribution is -0.133. The van der Waals surface area contributed by atoms with Crippen LogP contribution in [0.4, 0.5) is 24.5 Å². The van der Waals surface area contributed by atoms with Gasteiger partial charge >= 0.3 is 0 Å². The first kappa shape index (κ1) is 23.7. The fourth-order valence-electron chi connectivity index (χ4n) is 5.46. The van der Waals surface area contributed by atoms with E-state index in [1.54, 1.807) is 18.2 Å². The van der Waals surface area contributed by atoms with Gasteiger partial charge < -0.3 is 15.5 Å². The van der Waals surface area contributed by atoms with Gasteiger partial charge in [0.15, 0.2) is 0 Å². The Bertz CT molecular complexity index is 1130. The fourth-order valence-corrected chi connectivity index (χ4v) is 5.46. The van der Waals surface area contributed by atoms with Crippen LogP contribution < -0.4 is 20.9 Å². The molecule has 2 fully saturated rings. The van der Waals surface area contributed by atoms with E-state index in [1.807, 2.05) is 17.0 Å². The van der Waals surface area contributed by atoms with Gasteiger partial charge in [-0.2, -0.15) is 8.78 Å². The van der Waals surface area contributed by atoms with Crippen molar-refractivity contribution < 1.29 is 22.8 Å². The van der Waals surface area contributed by atoms with E-state index in [9.17, 15) is 22.8 Å². The van der Waals surface area contributed by atoms with Crippen LogP contribution in [-0.4, -0.2) is 37.5 Å². The average Bonchev–Trinajstić information content (AvgIpc) is 2.81. The smallest absolute Gasteiger partial charge is 0.285 e. The van der Waals surface area contributed by atoms with Crippen LogP contribution in [0.25, 0.3) is 0 Å². The van der Waals surface area contributed by atoms with Gasteiger partial charge in [-0.1, -0.05) is 18.2 Å². The molecule has 0 aromatic heterocycles. The first-order valence-corrected chi connectivity index (χ1v) is 12.1. The molecule has 3 N–H and O–H groups in total. The number of carbonyl (C=O) groups excluding carboxylic acids is 2. The Hall–Kier alpha value is -3.07. The Kier molecular flexibility index (Phi) is 6.44. The number of nitrogens with zero attached hydrogens (tertiary/aromatic N) is 1. The zero-order valence-electron chi connectivity index (χ0n) is 19.4. The highest BCUT2D eigenvalue weighted by Crippen LogP contribution is 2.38. The first-order chi connectivity index (χ1) is 16.8. The molecule has 3 heterocycles. The van der Waals surface area contributed by atoms with Crippen LogP contribution in [0.15, 0.2) is 36.4 Å².